The van der Waals surface area contributed by atoms with Crippen molar-refractivity contribution in [2.24, 2.45) is 0 Å². The lowest BCUT2D eigenvalue weighted by Crippen LogP contribution is -2.30. The van der Waals surface area contributed by atoms with Crippen LogP contribution in [0.25, 0.3) is 0 Å². The summed E-state index contributed by atoms with van der Waals surface area (Å²) in [5.74, 6) is 0. The first-order valence-corrected chi connectivity index (χ1v) is 5.83. The van der Waals surface area contributed by atoms with Crippen LogP contribution in [0.2, 0.25) is 0 Å². The second-order valence-electron chi connectivity index (χ2n) is 4.58. The summed E-state index contributed by atoms with van der Waals surface area (Å²) in [5.41, 5.74) is 6.45. The van der Waals surface area contributed by atoms with Crippen LogP contribution in [0.1, 0.15) is 38.5 Å². The Balaban J connectivity index is 1.84. The predicted molar refractivity (Wildman–Crippen MR) is 57.8 cm³/mol. The van der Waals surface area contributed by atoms with Crippen LogP contribution in [0.15, 0.2) is 22.5 Å². The van der Waals surface area contributed by atoms with Crippen molar-refractivity contribution in [1.82, 2.24) is 10.6 Å². The van der Waals surface area contributed by atoms with E-state index in [-0.39, 0.29) is 0 Å². The van der Waals surface area contributed by atoms with Crippen molar-refractivity contribution in [3.8, 4) is 0 Å². The molecule has 1 aliphatic carbocycles. The van der Waals surface area contributed by atoms with Gasteiger partial charge < -0.3 is 10.6 Å². The Bertz CT molecular complexity index is 252. The highest BCUT2D eigenvalue weighted by Crippen LogP contribution is 2.35. The van der Waals surface area contributed by atoms with Gasteiger partial charge in [0.15, 0.2) is 0 Å². The van der Waals surface area contributed by atoms with E-state index in [1.54, 1.807) is 22.5 Å². The summed E-state index contributed by atoms with van der Waals surface area (Å²) in [6, 6.07) is 0. The topological polar surface area (TPSA) is 24.1 Å². The molecule has 0 amide bonds. The lowest BCUT2D eigenvalue weighted by Gasteiger charge is -2.32. The van der Waals surface area contributed by atoms with Crippen LogP contribution >= 0.6 is 0 Å². The van der Waals surface area contributed by atoms with Crippen molar-refractivity contribution in [1.29, 1.82) is 0 Å². The highest BCUT2D eigenvalue weighted by Gasteiger charge is 2.23. The maximum atomic E-state index is 3.57. The molecule has 0 fully saturated rings. The van der Waals surface area contributed by atoms with Crippen molar-refractivity contribution in [2.75, 3.05) is 13.1 Å². The molecule has 2 nitrogen and oxygen atoms in total. The van der Waals surface area contributed by atoms with Crippen molar-refractivity contribution in [2.45, 2.75) is 38.5 Å². The molecule has 76 valence electrons. The molecule has 3 aliphatic rings. The van der Waals surface area contributed by atoms with Gasteiger partial charge in [-0.25, -0.2) is 0 Å². The van der Waals surface area contributed by atoms with E-state index in [0.717, 1.165) is 0 Å². The third kappa shape index (κ3) is 1.33. The van der Waals surface area contributed by atoms with Gasteiger partial charge in [0.2, 0.25) is 0 Å². The molecule has 0 aromatic heterocycles. The molecule has 0 spiro atoms. The lowest BCUT2D eigenvalue weighted by atomic mass is 9.85. The minimum absolute atomic E-state index is 1.19. The van der Waals surface area contributed by atoms with Gasteiger partial charge >= 0.3 is 0 Å². The molecule has 0 radical (unpaired) electrons. The molecule has 0 saturated carbocycles. The zero-order chi connectivity index (χ0) is 9.38. The Labute approximate surface area is 85.5 Å². The van der Waals surface area contributed by atoms with Crippen LogP contribution in [0, 0.1) is 0 Å². The van der Waals surface area contributed by atoms with E-state index in [9.17, 15) is 0 Å². The molecule has 0 aromatic carbocycles. The number of hydrogen-bond donors (Lipinski definition) is 2. The van der Waals surface area contributed by atoms with Crippen LogP contribution in [0.3, 0.4) is 0 Å². The van der Waals surface area contributed by atoms with Crippen molar-refractivity contribution >= 4 is 0 Å². The first-order chi connectivity index (χ1) is 6.93. The maximum absolute atomic E-state index is 3.57. The van der Waals surface area contributed by atoms with Gasteiger partial charge in [0, 0.05) is 37.3 Å². The molecular weight excluding hydrogens is 172 g/mol. The normalized spacial score (nSPS) is 26.3. The number of nitrogens with one attached hydrogen (secondary N) is 2. The van der Waals surface area contributed by atoms with Gasteiger partial charge in [0.25, 0.3) is 0 Å². The molecule has 0 aromatic rings. The highest BCUT2D eigenvalue weighted by molar-refractivity contribution is 5.35. The largest absolute Gasteiger partial charge is 0.388 e. The first-order valence-electron chi connectivity index (χ1n) is 5.83. The molecule has 3 rings (SSSR count). The van der Waals surface area contributed by atoms with Gasteiger partial charge in [-0.3, -0.25) is 0 Å². The molecule has 2 heteroatoms. The molecular formula is C12H18N2. The Morgan fingerprint density at radius 3 is 1.71 bits per heavy atom. The molecule has 0 unspecified atom stereocenters. The maximum Gasteiger partial charge on any atom is 0.0147 e. The summed E-state index contributed by atoms with van der Waals surface area (Å²) in [4.78, 5) is 0. The summed E-state index contributed by atoms with van der Waals surface area (Å²) in [6.45, 7) is 2.38. The lowest BCUT2D eigenvalue weighted by molar-refractivity contribution is 0.562. The second-order valence-corrected chi connectivity index (χ2v) is 4.58. The summed E-state index contributed by atoms with van der Waals surface area (Å²) < 4.78 is 0. The minimum Gasteiger partial charge on any atom is -0.388 e. The van der Waals surface area contributed by atoms with Gasteiger partial charge in [-0.15, -0.1) is 0 Å². The SMILES string of the molecule is C1CNC2=C(C1)CC1=C(CCCN1)C2. The Kier molecular flexibility index (Phi) is 2.00. The monoisotopic (exact) mass is 190 g/mol. The van der Waals surface area contributed by atoms with E-state index >= 15 is 0 Å². The third-order valence-corrected chi connectivity index (χ3v) is 3.62. The Hall–Kier alpha value is -0.920. The fraction of sp³-hybridized carbons (Fsp3) is 0.667. The summed E-state index contributed by atoms with van der Waals surface area (Å²) >= 11 is 0. The molecule has 0 bridgehead atoms. The zero-order valence-corrected chi connectivity index (χ0v) is 8.66. The molecule has 0 saturated heterocycles. The molecule has 2 aliphatic heterocycles. The fourth-order valence-electron chi connectivity index (χ4n) is 2.83. The zero-order valence-electron chi connectivity index (χ0n) is 8.66. The van der Waals surface area contributed by atoms with E-state index in [4.69, 9.17) is 0 Å². The van der Waals surface area contributed by atoms with E-state index in [1.807, 2.05) is 0 Å². The van der Waals surface area contributed by atoms with Crippen molar-refractivity contribution < 1.29 is 0 Å². The van der Waals surface area contributed by atoms with Crippen molar-refractivity contribution in [3.63, 3.8) is 0 Å². The molecule has 14 heavy (non-hydrogen) atoms. The van der Waals surface area contributed by atoms with Gasteiger partial charge in [0.05, 0.1) is 0 Å². The average Bonchev–Trinajstić information content (AvgIpc) is 2.26. The standard InChI is InChI=1S/C12H18N2/c1-3-9-7-12-10(4-2-6-14-12)8-11(9)13-5-1/h13-14H,1-8H2. The van der Waals surface area contributed by atoms with Crippen LogP contribution in [0.4, 0.5) is 0 Å². The Morgan fingerprint density at radius 2 is 1.21 bits per heavy atom. The van der Waals surface area contributed by atoms with Gasteiger partial charge in [-0.1, -0.05) is 0 Å². The van der Waals surface area contributed by atoms with Crippen molar-refractivity contribution in [3.05, 3.63) is 22.5 Å². The van der Waals surface area contributed by atoms with E-state index in [2.05, 4.69) is 10.6 Å². The van der Waals surface area contributed by atoms with Crippen LogP contribution < -0.4 is 10.6 Å². The second kappa shape index (κ2) is 3.34. The van der Waals surface area contributed by atoms with E-state index in [0.29, 0.717) is 0 Å². The summed E-state index contributed by atoms with van der Waals surface area (Å²) in [7, 11) is 0. The number of allylic oxidation sites excluding steroid dienone is 2. The Morgan fingerprint density at radius 1 is 0.714 bits per heavy atom. The molecule has 0 atom stereocenters. The fourth-order valence-corrected chi connectivity index (χ4v) is 2.83. The quantitative estimate of drug-likeness (QED) is 0.611. The molecule has 2 heterocycles. The van der Waals surface area contributed by atoms with E-state index in [1.165, 1.54) is 51.6 Å². The highest BCUT2D eigenvalue weighted by atomic mass is 14.9. The van der Waals surface area contributed by atoms with Crippen LogP contribution in [-0.2, 0) is 0 Å². The van der Waals surface area contributed by atoms with Gasteiger partial charge in [-0.2, -0.15) is 0 Å². The van der Waals surface area contributed by atoms with Gasteiger partial charge in [0.1, 0.15) is 0 Å². The number of hydrogen-bond acceptors (Lipinski definition) is 2. The summed E-state index contributed by atoms with van der Waals surface area (Å²) in [6.07, 6.45) is 7.69. The predicted octanol–water partition coefficient (Wildman–Crippen LogP) is 2.06. The van der Waals surface area contributed by atoms with Gasteiger partial charge in [-0.05, 0) is 36.8 Å². The smallest absolute Gasteiger partial charge is 0.0147 e. The van der Waals surface area contributed by atoms with Crippen LogP contribution in [0.5, 0.6) is 0 Å². The number of rotatable bonds is 0. The van der Waals surface area contributed by atoms with Crippen LogP contribution in [-0.4, -0.2) is 13.1 Å². The first kappa shape index (κ1) is 8.39. The third-order valence-electron chi connectivity index (χ3n) is 3.62. The minimum atomic E-state index is 1.19. The summed E-state index contributed by atoms with van der Waals surface area (Å²) in [5, 5.41) is 7.14. The van der Waals surface area contributed by atoms with E-state index < -0.39 is 0 Å². The average molecular weight is 190 g/mol. The molecule has 2 N–H and O–H groups in total.